The zero-order valence-electron chi connectivity index (χ0n) is 18.0. The first kappa shape index (κ1) is 20.8. The SMILES string of the molecule is CC(C)(C)OC(=O)N1CCC(=C2Oc3cccc(Nc4ccccc4)c3NC2=O)CC1. The van der Waals surface area contributed by atoms with Gasteiger partial charge in [0.1, 0.15) is 11.3 Å². The zero-order valence-corrected chi connectivity index (χ0v) is 18.0. The number of piperidine rings is 1. The van der Waals surface area contributed by atoms with E-state index in [0.717, 1.165) is 16.9 Å². The number of fused-ring (bicyclic) bond motifs is 1. The van der Waals surface area contributed by atoms with E-state index in [1.807, 2.05) is 69.3 Å². The second-order valence-electron chi connectivity index (χ2n) is 8.63. The molecule has 0 spiro atoms. The lowest BCUT2D eigenvalue weighted by Gasteiger charge is -2.32. The van der Waals surface area contributed by atoms with Crippen LogP contribution in [0.15, 0.2) is 59.9 Å². The van der Waals surface area contributed by atoms with Gasteiger partial charge in [-0.1, -0.05) is 24.3 Å². The van der Waals surface area contributed by atoms with Crippen LogP contribution in [0.25, 0.3) is 0 Å². The van der Waals surface area contributed by atoms with Crippen molar-refractivity contribution in [3.63, 3.8) is 0 Å². The molecule has 2 aliphatic rings. The van der Waals surface area contributed by atoms with E-state index in [1.54, 1.807) is 4.90 Å². The van der Waals surface area contributed by atoms with Gasteiger partial charge in [0.2, 0.25) is 0 Å². The molecule has 0 atom stereocenters. The third-order valence-electron chi connectivity index (χ3n) is 5.08. The molecule has 162 valence electrons. The molecule has 0 aromatic heterocycles. The molecule has 4 rings (SSSR count). The lowest BCUT2D eigenvalue weighted by molar-refractivity contribution is -0.115. The van der Waals surface area contributed by atoms with Crippen LogP contribution in [0, 0.1) is 0 Å². The van der Waals surface area contributed by atoms with Crippen LogP contribution in [-0.4, -0.2) is 35.6 Å². The molecule has 7 nitrogen and oxygen atoms in total. The van der Waals surface area contributed by atoms with Crippen LogP contribution in [0.3, 0.4) is 0 Å². The van der Waals surface area contributed by atoms with E-state index in [0.29, 0.717) is 43.1 Å². The minimum Gasteiger partial charge on any atom is -0.449 e. The van der Waals surface area contributed by atoms with Gasteiger partial charge in [-0.25, -0.2) is 4.79 Å². The highest BCUT2D eigenvalue weighted by Gasteiger charge is 2.31. The van der Waals surface area contributed by atoms with Gasteiger partial charge in [0, 0.05) is 18.8 Å². The first-order valence-corrected chi connectivity index (χ1v) is 10.4. The topological polar surface area (TPSA) is 79.9 Å². The summed E-state index contributed by atoms with van der Waals surface area (Å²) in [6.07, 6.45) is 0.811. The highest BCUT2D eigenvalue weighted by Crippen LogP contribution is 2.39. The Bertz CT molecular complexity index is 1010. The average molecular weight is 421 g/mol. The first-order valence-electron chi connectivity index (χ1n) is 10.4. The van der Waals surface area contributed by atoms with E-state index in [4.69, 9.17) is 9.47 Å². The number of anilines is 3. The third-order valence-corrected chi connectivity index (χ3v) is 5.08. The van der Waals surface area contributed by atoms with Crippen molar-refractivity contribution in [2.45, 2.75) is 39.2 Å². The summed E-state index contributed by atoms with van der Waals surface area (Å²) in [4.78, 5) is 26.8. The molecule has 0 bridgehead atoms. The average Bonchev–Trinajstić information content (AvgIpc) is 2.73. The molecule has 31 heavy (non-hydrogen) atoms. The molecule has 2 N–H and O–H groups in total. The minimum absolute atomic E-state index is 0.268. The Labute approximate surface area is 182 Å². The highest BCUT2D eigenvalue weighted by molar-refractivity contribution is 6.08. The highest BCUT2D eigenvalue weighted by atomic mass is 16.6. The van der Waals surface area contributed by atoms with E-state index >= 15 is 0 Å². The van der Waals surface area contributed by atoms with E-state index in [1.165, 1.54) is 0 Å². The second kappa shape index (κ2) is 8.34. The normalized spacial score (nSPS) is 16.2. The summed E-state index contributed by atoms with van der Waals surface area (Å²) < 4.78 is 11.5. The Balaban J connectivity index is 1.49. The molecule has 1 saturated heterocycles. The molecule has 0 radical (unpaired) electrons. The van der Waals surface area contributed by atoms with Crippen molar-refractivity contribution in [2.75, 3.05) is 23.7 Å². The van der Waals surface area contributed by atoms with E-state index in [9.17, 15) is 9.59 Å². The van der Waals surface area contributed by atoms with Crippen molar-refractivity contribution in [1.29, 1.82) is 0 Å². The van der Waals surface area contributed by atoms with Crippen LogP contribution < -0.4 is 15.4 Å². The molecular formula is C24H27N3O4. The largest absolute Gasteiger partial charge is 0.449 e. The molecule has 7 heteroatoms. The number of likely N-dealkylation sites (tertiary alicyclic amines) is 1. The van der Waals surface area contributed by atoms with Crippen molar-refractivity contribution in [3.05, 3.63) is 59.9 Å². The predicted octanol–water partition coefficient (Wildman–Crippen LogP) is 5.05. The maximum absolute atomic E-state index is 12.8. The molecule has 2 amide bonds. The molecule has 2 aromatic rings. The number of ether oxygens (including phenoxy) is 2. The summed E-state index contributed by atoms with van der Waals surface area (Å²) in [5, 5.41) is 6.29. The Hall–Kier alpha value is -3.48. The standard InChI is InChI=1S/C24H27N3O4/c1-24(2,3)31-23(29)27-14-12-16(13-15-27)21-22(28)26-20-18(10-7-11-19(20)30-21)25-17-8-5-4-6-9-17/h4-11,25H,12-15H2,1-3H3,(H,26,28). The molecular weight excluding hydrogens is 394 g/mol. The number of nitrogens with one attached hydrogen (secondary N) is 2. The Kier molecular flexibility index (Phi) is 5.59. The van der Waals surface area contributed by atoms with Gasteiger partial charge >= 0.3 is 6.09 Å². The lowest BCUT2D eigenvalue weighted by Crippen LogP contribution is -2.41. The summed E-state index contributed by atoms with van der Waals surface area (Å²) in [6, 6.07) is 15.4. The second-order valence-corrected chi connectivity index (χ2v) is 8.63. The van der Waals surface area contributed by atoms with Gasteiger partial charge in [0.15, 0.2) is 11.5 Å². The smallest absolute Gasteiger partial charge is 0.410 e. The fraction of sp³-hybridized carbons (Fsp3) is 0.333. The summed E-state index contributed by atoms with van der Waals surface area (Å²) in [6.45, 7) is 6.53. The number of rotatable bonds is 2. The quantitative estimate of drug-likeness (QED) is 0.664. The number of hydrogen-bond donors (Lipinski definition) is 2. The maximum Gasteiger partial charge on any atom is 0.410 e. The summed E-state index contributed by atoms with van der Waals surface area (Å²) in [7, 11) is 0. The van der Waals surface area contributed by atoms with Crippen molar-refractivity contribution in [3.8, 4) is 5.75 Å². The zero-order chi connectivity index (χ0) is 22.0. The molecule has 0 aliphatic carbocycles. The third kappa shape index (κ3) is 4.82. The number of benzene rings is 2. The molecule has 1 fully saturated rings. The van der Waals surface area contributed by atoms with E-state index in [2.05, 4.69) is 10.6 Å². The van der Waals surface area contributed by atoms with Crippen molar-refractivity contribution in [2.24, 2.45) is 0 Å². The van der Waals surface area contributed by atoms with E-state index < -0.39 is 5.60 Å². The number of carbonyl (C=O) groups is 2. The van der Waals surface area contributed by atoms with Gasteiger partial charge in [-0.3, -0.25) is 4.79 Å². The molecule has 0 saturated carbocycles. The van der Waals surface area contributed by atoms with Crippen LogP contribution in [0.5, 0.6) is 5.75 Å². The van der Waals surface area contributed by atoms with Crippen LogP contribution in [-0.2, 0) is 9.53 Å². The van der Waals surface area contributed by atoms with Crippen molar-refractivity contribution >= 4 is 29.1 Å². The monoisotopic (exact) mass is 421 g/mol. The van der Waals surface area contributed by atoms with Gasteiger partial charge < -0.3 is 25.0 Å². The summed E-state index contributed by atoms with van der Waals surface area (Å²) in [5.74, 6) is 0.654. The molecule has 2 aromatic carbocycles. The predicted molar refractivity (Wildman–Crippen MR) is 119 cm³/mol. The Morgan fingerprint density at radius 1 is 1.06 bits per heavy atom. The lowest BCUT2D eigenvalue weighted by atomic mass is 10.0. The maximum atomic E-state index is 12.8. The molecule has 2 aliphatic heterocycles. The number of para-hydroxylation sites is 2. The first-order chi connectivity index (χ1) is 14.8. The van der Waals surface area contributed by atoms with Gasteiger partial charge in [-0.2, -0.15) is 0 Å². The summed E-state index contributed by atoms with van der Waals surface area (Å²) >= 11 is 0. The molecule has 2 heterocycles. The number of nitrogens with zero attached hydrogens (tertiary/aromatic N) is 1. The van der Waals surface area contributed by atoms with Gasteiger partial charge in [0.25, 0.3) is 5.91 Å². The Morgan fingerprint density at radius 2 is 1.77 bits per heavy atom. The van der Waals surface area contributed by atoms with Crippen LogP contribution in [0.1, 0.15) is 33.6 Å². The number of carbonyl (C=O) groups excluding carboxylic acids is 2. The van der Waals surface area contributed by atoms with E-state index in [-0.39, 0.29) is 12.0 Å². The fourth-order valence-electron chi connectivity index (χ4n) is 3.60. The van der Waals surface area contributed by atoms with Crippen molar-refractivity contribution in [1.82, 2.24) is 4.90 Å². The number of amides is 2. The van der Waals surface area contributed by atoms with Crippen LogP contribution in [0.4, 0.5) is 21.9 Å². The number of hydrogen-bond acceptors (Lipinski definition) is 5. The van der Waals surface area contributed by atoms with Crippen molar-refractivity contribution < 1.29 is 19.1 Å². The van der Waals surface area contributed by atoms with Gasteiger partial charge in [-0.05, 0) is 63.5 Å². The fourth-order valence-corrected chi connectivity index (χ4v) is 3.60. The Morgan fingerprint density at radius 3 is 2.45 bits per heavy atom. The minimum atomic E-state index is -0.530. The summed E-state index contributed by atoms with van der Waals surface area (Å²) in [5.41, 5.74) is 2.68. The van der Waals surface area contributed by atoms with Gasteiger partial charge in [-0.15, -0.1) is 0 Å². The van der Waals surface area contributed by atoms with Crippen LogP contribution >= 0.6 is 0 Å². The molecule has 0 unspecified atom stereocenters. The van der Waals surface area contributed by atoms with Gasteiger partial charge in [0.05, 0.1) is 5.69 Å². The van der Waals surface area contributed by atoms with Crippen LogP contribution in [0.2, 0.25) is 0 Å².